The summed E-state index contributed by atoms with van der Waals surface area (Å²) >= 11 is 0. The molecule has 1 aliphatic carbocycles. The first-order chi connectivity index (χ1) is 13.8. The van der Waals surface area contributed by atoms with Crippen molar-refractivity contribution in [3.8, 4) is 6.07 Å². The molecule has 0 aromatic heterocycles. The summed E-state index contributed by atoms with van der Waals surface area (Å²) in [6, 6.07) is 17.9. The Labute approximate surface area is 181 Å². The first kappa shape index (κ1) is 20.5. The number of nitrogens with zero attached hydrogens (tertiary/aromatic N) is 3. The molecule has 2 aromatic rings. The molecule has 0 amide bonds. The van der Waals surface area contributed by atoms with Gasteiger partial charge in [0.2, 0.25) is 0 Å². The van der Waals surface area contributed by atoms with Crippen LogP contribution in [-0.2, 0) is 0 Å². The normalized spacial score (nSPS) is 27.1. The van der Waals surface area contributed by atoms with Crippen LogP contribution in [0.4, 0.5) is 5.69 Å². The van der Waals surface area contributed by atoms with Crippen molar-refractivity contribution in [1.29, 1.82) is 5.26 Å². The van der Waals surface area contributed by atoms with E-state index in [4.69, 9.17) is 0 Å². The van der Waals surface area contributed by atoms with Crippen molar-refractivity contribution in [2.75, 3.05) is 11.9 Å². The number of rotatable bonds is 3. The van der Waals surface area contributed by atoms with Gasteiger partial charge in [-0.3, -0.25) is 0 Å². The fraction of sp³-hybridized carbons (Fsp3) is 0.560. The molecule has 2 saturated heterocycles. The lowest BCUT2D eigenvalue weighted by atomic mass is 9.89. The van der Waals surface area contributed by atoms with Crippen LogP contribution in [0.15, 0.2) is 36.4 Å². The topological polar surface area (TPSA) is 30.3 Å². The average Bonchev–Trinajstić information content (AvgIpc) is 3.01. The summed E-state index contributed by atoms with van der Waals surface area (Å²) in [5, 5.41) is 11.9. The van der Waals surface area contributed by atoms with E-state index in [0.717, 1.165) is 23.0 Å². The summed E-state index contributed by atoms with van der Waals surface area (Å²) in [5.41, 5.74) is 2.14. The largest absolute Gasteiger partial charge is 0.365 e. The molecule has 2 unspecified atom stereocenters. The molecule has 3 aliphatic rings. The van der Waals surface area contributed by atoms with Gasteiger partial charge in [-0.2, -0.15) is 5.26 Å². The van der Waals surface area contributed by atoms with E-state index in [2.05, 4.69) is 47.2 Å². The number of anilines is 1. The summed E-state index contributed by atoms with van der Waals surface area (Å²) in [6.45, 7) is 0. The number of benzene rings is 2. The average molecular weight is 410 g/mol. The van der Waals surface area contributed by atoms with Crippen molar-refractivity contribution in [1.82, 2.24) is 4.90 Å². The molecular weight excluding hydrogens is 378 g/mol. The van der Waals surface area contributed by atoms with Crippen LogP contribution in [0.3, 0.4) is 0 Å². The summed E-state index contributed by atoms with van der Waals surface area (Å²) < 4.78 is 0. The Kier molecular flexibility index (Phi) is 6.04. The Bertz CT molecular complexity index is 885. The van der Waals surface area contributed by atoms with Crippen LogP contribution in [-0.4, -0.2) is 36.1 Å². The van der Waals surface area contributed by atoms with Gasteiger partial charge in [-0.1, -0.05) is 43.5 Å². The number of hydrogen-bond donors (Lipinski definition) is 0. The second-order valence-electron chi connectivity index (χ2n) is 9.16. The lowest BCUT2D eigenvalue weighted by Crippen LogP contribution is -2.52. The fourth-order valence-electron chi connectivity index (χ4n) is 6.27. The van der Waals surface area contributed by atoms with E-state index >= 15 is 0 Å². The summed E-state index contributed by atoms with van der Waals surface area (Å²) in [7, 11) is 2.40. The van der Waals surface area contributed by atoms with Gasteiger partial charge >= 0.3 is 0 Å². The van der Waals surface area contributed by atoms with Crippen LogP contribution < -0.4 is 4.90 Å². The minimum Gasteiger partial charge on any atom is -0.365 e. The monoisotopic (exact) mass is 409 g/mol. The zero-order valence-corrected chi connectivity index (χ0v) is 18.2. The number of fused-ring (bicyclic) bond motifs is 3. The highest BCUT2D eigenvalue weighted by molar-refractivity contribution is 5.98. The molecule has 1 saturated carbocycles. The van der Waals surface area contributed by atoms with E-state index in [1.807, 2.05) is 12.1 Å². The fourth-order valence-corrected chi connectivity index (χ4v) is 6.27. The zero-order valence-electron chi connectivity index (χ0n) is 17.4. The smallest absolute Gasteiger partial charge is 0.0998 e. The van der Waals surface area contributed by atoms with Crippen LogP contribution >= 0.6 is 12.4 Å². The molecule has 2 aromatic carbocycles. The van der Waals surface area contributed by atoms with E-state index in [-0.39, 0.29) is 12.4 Å². The maximum absolute atomic E-state index is 9.50. The van der Waals surface area contributed by atoms with Crippen LogP contribution in [0.25, 0.3) is 10.8 Å². The minimum absolute atomic E-state index is 0. The number of halogens is 1. The lowest BCUT2D eigenvalue weighted by Gasteiger charge is -2.46. The summed E-state index contributed by atoms with van der Waals surface area (Å²) in [5.74, 6) is 0. The van der Waals surface area contributed by atoms with E-state index in [1.165, 1.54) is 68.9 Å². The van der Waals surface area contributed by atoms with E-state index < -0.39 is 0 Å². The molecule has 0 radical (unpaired) electrons. The third-order valence-corrected chi connectivity index (χ3v) is 7.73. The lowest BCUT2D eigenvalue weighted by molar-refractivity contribution is 0.108. The molecule has 2 heterocycles. The van der Waals surface area contributed by atoms with Crippen molar-refractivity contribution in [3.63, 3.8) is 0 Å². The quantitative estimate of drug-likeness (QED) is 0.632. The predicted octanol–water partition coefficient (Wildman–Crippen LogP) is 5.90. The van der Waals surface area contributed by atoms with E-state index in [9.17, 15) is 5.26 Å². The van der Waals surface area contributed by atoms with Crippen LogP contribution in [0, 0.1) is 11.3 Å². The van der Waals surface area contributed by atoms with Crippen LogP contribution in [0.2, 0.25) is 0 Å². The molecule has 4 heteroatoms. The van der Waals surface area contributed by atoms with Gasteiger partial charge in [0.15, 0.2) is 0 Å². The van der Waals surface area contributed by atoms with Gasteiger partial charge in [0, 0.05) is 40.6 Å². The van der Waals surface area contributed by atoms with Gasteiger partial charge < -0.3 is 9.80 Å². The van der Waals surface area contributed by atoms with Crippen molar-refractivity contribution >= 4 is 28.9 Å². The maximum Gasteiger partial charge on any atom is 0.0998 e. The standard InChI is InChI=1S/C25H31N3.ClH/c1-27(19-7-3-2-4-8-19)22-15-20-12-13-21(16-22)28(20)25-14-11-18(17-26)23-9-5-6-10-24(23)25;/h5-6,9-11,14,19-22H,2-4,7-8,12-13,15-16H2,1H3;1H. The highest BCUT2D eigenvalue weighted by Gasteiger charge is 2.43. The summed E-state index contributed by atoms with van der Waals surface area (Å²) in [4.78, 5) is 5.47. The highest BCUT2D eigenvalue weighted by Crippen LogP contribution is 2.44. The molecule has 3 nitrogen and oxygen atoms in total. The Morgan fingerprint density at radius 1 is 0.862 bits per heavy atom. The molecule has 2 bridgehead atoms. The minimum atomic E-state index is 0. The molecule has 3 fully saturated rings. The SMILES string of the molecule is CN(C1CCCCC1)C1CC2CCC(C1)N2c1ccc(C#N)c2ccccc12.Cl. The number of piperidine rings is 1. The Hall–Kier alpha value is -1.76. The predicted molar refractivity (Wildman–Crippen MR) is 123 cm³/mol. The third kappa shape index (κ3) is 3.62. The van der Waals surface area contributed by atoms with Gasteiger partial charge in [-0.05, 0) is 57.7 Å². The molecule has 29 heavy (non-hydrogen) atoms. The number of hydrogen-bond acceptors (Lipinski definition) is 3. The Morgan fingerprint density at radius 3 is 2.17 bits per heavy atom. The van der Waals surface area contributed by atoms with E-state index in [1.54, 1.807) is 0 Å². The maximum atomic E-state index is 9.50. The van der Waals surface area contributed by atoms with Crippen molar-refractivity contribution < 1.29 is 0 Å². The first-order valence-electron chi connectivity index (χ1n) is 11.2. The zero-order chi connectivity index (χ0) is 19.1. The molecule has 154 valence electrons. The van der Waals surface area contributed by atoms with Crippen molar-refractivity contribution in [2.45, 2.75) is 82.0 Å². The Balaban J connectivity index is 0.00000205. The van der Waals surface area contributed by atoms with Gasteiger partial charge in [-0.15, -0.1) is 12.4 Å². The number of nitriles is 1. The third-order valence-electron chi connectivity index (χ3n) is 7.73. The van der Waals surface area contributed by atoms with Crippen LogP contribution in [0.5, 0.6) is 0 Å². The van der Waals surface area contributed by atoms with Gasteiger partial charge in [0.05, 0.1) is 11.6 Å². The molecule has 2 aliphatic heterocycles. The Morgan fingerprint density at radius 2 is 1.52 bits per heavy atom. The van der Waals surface area contributed by atoms with E-state index in [0.29, 0.717) is 12.1 Å². The van der Waals surface area contributed by atoms with Crippen molar-refractivity contribution in [2.24, 2.45) is 0 Å². The molecule has 2 atom stereocenters. The van der Waals surface area contributed by atoms with Gasteiger partial charge in [0.1, 0.15) is 0 Å². The first-order valence-corrected chi connectivity index (χ1v) is 11.2. The van der Waals surface area contributed by atoms with Gasteiger partial charge in [0.25, 0.3) is 0 Å². The highest BCUT2D eigenvalue weighted by atomic mass is 35.5. The molecule has 5 rings (SSSR count). The summed E-state index contributed by atoms with van der Waals surface area (Å²) in [6.07, 6.45) is 12.3. The van der Waals surface area contributed by atoms with Crippen LogP contribution in [0.1, 0.15) is 63.4 Å². The second kappa shape index (κ2) is 8.54. The second-order valence-corrected chi connectivity index (χ2v) is 9.16. The molecular formula is C25H32ClN3. The molecule has 0 N–H and O–H groups in total. The van der Waals surface area contributed by atoms with Gasteiger partial charge in [-0.25, -0.2) is 0 Å². The molecule has 0 spiro atoms. The van der Waals surface area contributed by atoms with Crippen molar-refractivity contribution in [3.05, 3.63) is 42.0 Å².